The number of benzene rings is 1. The molecule has 0 saturated carbocycles. The molecule has 0 unspecified atom stereocenters. The van der Waals surface area contributed by atoms with Gasteiger partial charge >= 0.3 is 0 Å². The van der Waals surface area contributed by atoms with Crippen LogP contribution in [-0.4, -0.2) is 40.0 Å². The first kappa shape index (κ1) is 14.6. The van der Waals surface area contributed by atoms with Crippen LogP contribution in [0.25, 0.3) is 0 Å². The fourth-order valence-electron chi connectivity index (χ4n) is 2.46. The largest absolute Gasteiger partial charge is 0.493 e. The number of hydrogen-bond acceptors (Lipinski definition) is 4. The van der Waals surface area contributed by atoms with Gasteiger partial charge in [-0.25, -0.2) is 0 Å². The summed E-state index contributed by atoms with van der Waals surface area (Å²) in [6.45, 7) is 5.65. The van der Waals surface area contributed by atoms with Crippen molar-refractivity contribution in [1.82, 2.24) is 0 Å². The number of rotatable bonds is 5. The second-order valence-corrected chi connectivity index (χ2v) is 4.68. The topological polar surface area (TPSA) is 55.9 Å². The molecule has 108 valence electrons. The molecule has 5 nitrogen and oxygen atoms in total. The molecule has 5 heteroatoms. The molecule has 20 heavy (non-hydrogen) atoms. The van der Waals surface area contributed by atoms with E-state index in [0.717, 1.165) is 18.7 Å². The lowest BCUT2D eigenvalue weighted by atomic mass is 10.1. The average molecular weight is 277 g/mol. The number of morpholine rings is 1. The molecule has 1 aliphatic rings. The lowest BCUT2D eigenvalue weighted by Gasteiger charge is -2.28. The third kappa shape index (κ3) is 3.21. The zero-order chi connectivity index (χ0) is 14.4. The van der Waals surface area contributed by atoms with Gasteiger partial charge in [-0.05, 0) is 25.1 Å². The van der Waals surface area contributed by atoms with E-state index in [9.17, 15) is 5.26 Å². The summed E-state index contributed by atoms with van der Waals surface area (Å²) >= 11 is 0. The maximum Gasteiger partial charge on any atom is 0.201 e. The van der Waals surface area contributed by atoms with E-state index in [1.165, 1.54) is 4.90 Å². The predicted molar refractivity (Wildman–Crippen MR) is 74.0 cm³/mol. The van der Waals surface area contributed by atoms with Crippen molar-refractivity contribution in [2.45, 2.75) is 13.0 Å². The normalized spacial score (nSPS) is 17.2. The Kier molecular flexibility index (Phi) is 5.22. The molecule has 1 aliphatic heterocycles. The minimum Gasteiger partial charge on any atom is -0.493 e. The number of hydrogen-bond donors (Lipinski definition) is 1. The van der Waals surface area contributed by atoms with Crippen molar-refractivity contribution in [3.05, 3.63) is 23.8 Å². The second-order valence-electron chi connectivity index (χ2n) is 4.68. The standard InChI is InChI=1S/C15H20N2O3/c1-3-20-14-5-4-12(10-15(14)18-2)13(11-16)17-6-8-19-9-7-17/h4-5,10,13H,3,6-9H2,1-2H3/p+1/t13-/m0/s1. The van der Waals surface area contributed by atoms with Crippen molar-refractivity contribution in [2.24, 2.45) is 0 Å². The van der Waals surface area contributed by atoms with Gasteiger partial charge in [0.05, 0.1) is 26.9 Å². The van der Waals surface area contributed by atoms with Crippen LogP contribution in [0.5, 0.6) is 11.5 Å². The van der Waals surface area contributed by atoms with Crippen LogP contribution in [0.2, 0.25) is 0 Å². The van der Waals surface area contributed by atoms with Crippen LogP contribution in [0, 0.1) is 11.3 Å². The first-order valence-electron chi connectivity index (χ1n) is 6.92. The van der Waals surface area contributed by atoms with E-state index >= 15 is 0 Å². The lowest BCUT2D eigenvalue weighted by Crippen LogP contribution is -3.14. The third-order valence-corrected chi connectivity index (χ3v) is 3.49. The van der Waals surface area contributed by atoms with Crippen LogP contribution in [0.1, 0.15) is 18.5 Å². The molecule has 0 bridgehead atoms. The molecule has 1 aromatic rings. The molecule has 1 aromatic carbocycles. The van der Waals surface area contributed by atoms with Crippen molar-refractivity contribution in [3.8, 4) is 17.6 Å². The highest BCUT2D eigenvalue weighted by molar-refractivity contribution is 5.44. The van der Waals surface area contributed by atoms with Crippen LogP contribution in [-0.2, 0) is 4.74 Å². The van der Waals surface area contributed by atoms with Crippen LogP contribution in [0.15, 0.2) is 18.2 Å². The minimum absolute atomic E-state index is 0.191. The van der Waals surface area contributed by atoms with Gasteiger partial charge in [0.25, 0.3) is 0 Å². The first-order chi connectivity index (χ1) is 9.80. The zero-order valence-electron chi connectivity index (χ0n) is 12.0. The van der Waals surface area contributed by atoms with E-state index < -0.39 is 0 Å². The van der Waals surface area contributed by atoms with Gasteiger partial charge in [0.2, 0.25) is 6.04 Å². The average Bonchev–Trinajstić information content (AvgIpc) is 2.50. The number of ether oxygens (including phenoxy) is 3. The molecule has 2 rings (SSSR count). The molecule has 1 fully saturated rings. The van der Waals surface area contributed by atoms with Gasteiger partial charge < -0.3 is 19.1 Å². The van der Waals surface area contributed by atoms with Crippen LogP contribution in [0.4, 0.5) is 0 Å². The summed E-state index contributed by atoms with van der Waals surface area (Å²) in [4.78, 5) is 1.24. The second kappa shape index (κ2) is 7.13. The highest BCUT2D eigenvalue weighted by Crippen LogP contribution is 2.29. The van der Waals surface area contributed by atoms with E-state index in [1.807, 2.05) is 25.1 Å². The van der Waals surface area contributed by atoms with E-state index in [-0.39, 0.29) is 6.04 Å². The van der Waals surface area contributed by atoms with Crippen molar-refractivity contribution in [3.63, 3.8) is 0 Å². The lowest BCUT2D eigenvalue weighted by molar-refractivity contribution is -0.930. The number of nitrogens with zero attached hydrogens (tertiary/aromatic N) is 1. The number of nitrogens with one attached hydrogen (secondary N) is 1. The van der Waals surface area contributed by atoms with Gasteiger partial charge in [0.1, 0.15) is 19.2 Å². The summed E-state index contributed by atoms with van der Waals surface area (Å²) in [6.07, 6.45) is 0. The molecule has 1 atom stereocenters. The minimum atomic E-state index is -0.191. The third-order valence-electron chi connectivity index (χ3n) is 3.49. The number of nitriles is 1. The predicted octanol–water partition coefficient (Wildman–Crippen LogP) is 0.574. The van der Waals surface area contributed by atoms with Crippen LogP contribution >= 0.6 is 0 Å². The van der Waals surface area contributed by atoms with Crippen molar-refractivity contribution in [2.75, 3.05) is 40.0 Å². The summed E-state index contributed by atoms with van der Waals surface area (Å²) in [5.41, 5.74) is 0.963. The fourth-order valence-corrected chi connectivity index (χ4v) is 2.46. The van der Waals surface area contributed by atoms with E-state index in [1.54, 1.807) is 7.11 Å². The maximum atomic E-state index is 9.48. The summed E-state index contributed by atoms with van der Waals surface area (Å²) in [5.74, 6) is 1.39. The summed E-state index contributed by atoms with van der Waals surface area (Å²) in [5, 5.41) is 9.48. The van der Waals surface area contributed by atoms with Gasteiger partial charge in [-0.15, -0.1) is 0 Å². The highest BCUT2D eigenvalue weighted by Gasteiger charge is 2.26. The van der Waals surface area contributed by atoms with E-state index in [0.29, 0.717) is 31.3 Å². The van der Waals surface area contributed by atoms with Gasteiger partial charge in [0, 0.05) is 5.56 Å². The maximum absolute atomic E-state index is 9.48. The van der Waals surface area contributed by atoms with Gasteiger partial charge in [-0.1, -0.05) is 0 Å². The molecule has 0 amide bonds. The summed E-state index contributed by atoms with van der Waals surface area (Å²) < 4.78 is 16.2. The van der Waals surface area contributed by atoms with Crippen molar-refractivity contribution < 1.29 is 19.1 Å². The van der Waals surface area contributed by atoms with Gasteiger partial charge in [0.15, 0.2) is 11.5 Å². The van der Waals surface area contributed by atoms with Crippen molar-refractivity contribution in [1.29, 1.82) is 5.26 Å². The SMILES string of the molecule is CCOc1ccc([C@H](C#N)[NH+]2CCOCC2)cc1OC. The Hall–Kier alpha value is -1.77. The van der Waals surface area contributed by atoms with E-state index in [2.05, 4.69) is 6.07 Å². The highest BCUT2D eigenvalue weighted by atomic mass is 16.5. The fraction of sp³-hybridized carbons (Fsp3) is 0.533. The monoisotopic (exact) mass is 277 g/mol. The molecule has 1 heterocycles. The Morgan fingerprint density at radius 2 is 2.10 bits per heavy atom. The number of quaternary nitrogens is 1. The molecule has 0 radical (unpaired) electrons. The number of methoxy groups -OCH3 is 1. The van der Waals surface area contributed by atoms with Crippen molar-refractivity contribution >= 4 is 0 Å². The molecule has 0 aromatic heterocycles. The molecule has 1 saturated heterocycles. The smallest absolute Gasteiger partial charge is 0.201 e. The Bertz CT molecular complexity index is 478. The molecule has 1 N–H and O–H groups in total. The van der Waals surface area contributed by atoms with Crippen LogP contribution < -0.4 is 14.4 Å². The van der Waals surface area contributed by atoms with Crippen LogP contribution in [0.3, 0.4) is 0 Å². The van der Waals surface area contributed by atoms with Gasteiger partial charge in [-0.3, -0.25) is 0 Å². The molecule has 0 spiro atoms. The molecular weight excluding hydrogens is 256 g/mol. The molecule has 0 aliphatic carbocycles. The Morgan fingerprint density at radius 3 is 2.70 bits per heavy atom. The Balaban J connectivity index is 2.23. The summed E-state index contributed by atoms with van der Waals surface area (Å²) in [6, 6.07) is 7.94. The Morgan fingerprint density at radius 1 is 1.35 bits per heavy atom. The quantitative estimate of drug-likeness (QED) is 0.855. The Labute approximate surface area is 119 Å². The summed E-state index contributed by atoms with van der Waals surface area (Å²) in [7, 11) is 1.62. The zero-order valence-corrected chi connectivity index (χ0v) is 12.0. The first-order valence-corrected chi connectivity index (χ1v) is 6.92. The van der Waals surface area contributed by atoms with Gasteiger partial charge in [-0.2, -0.15) is 5.26 Å². The van der Waals surface area contributed by atoms with E-state index in [4.69, 9.17) is 14.2 Å². The molecular formula is C15H21N2O3+.